The van der Waals surface area contributed by atoms with Gasteiger partial charge in [-0.2, -0.15) is 0 Å². The maximum Gasteiger partial charge on any atom is 2.00 e. The Morgan fingerprint density at radius 3 is 1.26 bits per heavy atom. The Morgan fingerprint density at radius 2 is 0.935 bits per heavy atom. The molecule has 31 heavy (non-hydrogen) atoms. The first-order chi connectivity index (χ1) is 14.6. The Bertz CT molecular complexity index is 1070. The van der Waals surface area contributed by atoms with Crippen LogP contribution in [0.5, 0.6) is 0 Å². The summed E-state index contributed by atoms with van der Waals surface area (Å²) in [6.07, 6.45) is 6.22. The number of rotatable bonds is 4. The van der Waals surface area contributed by atoms with Crippen LogP contribution in [-0.4, -0.2) is 31.9 Å². The molecule has 0 N–H and O–H groups in total. The average Bonchev–Trinajstić information content (AvgIpc) is 2.80. The summed E-state index contributed by atoms with van der Waals surface area (Å²) in [5.74, 6) is -2.49. The number of carboxylic acid groups (broad SMARTS) is 2. The van der Waals surface area contributed by atoms with Gasteiger partial charge in [0.25, 0.3) is 0 Å². The van der Waals surface area contributed by atoms with E-state index in [1.165, 1.54) is 24.5 Å². The molecule has 0 saturated heterocycles. The Hall–Kier alpha value is -3.95. The summed E-state index contributed by atoms with van der Waals surface area (Å²) in [5, 5.41) is 21.6. The standard InChI is InChI=1S/2C11H8N2O2.Co/c2*14-11(15)8-4-3-7-13-10(8)9-5-1-2-6-12-9;/h2*1-7H,(H,14,15);/q;;+2/p-2. The first-order valence-electron chi connectivity index (χ1n) is 8.73. The molecule has 1 radical (unpaired) electrons. The Balaban J connectivity index is 0.000000213. The van der Waals surface area contributed by atoms with Crippen molar-refractivity contribution >= 4 is 11.9 Å². The number of hydrogen-bond donors (Lipinski definition) is 0. The zero-order chi connectivity index (χ0) is 21.3. The molecule has 0 amide bonds. The second kappa shape index (κ2) is 11.3. The van der Waals surface area contributed by atoms with Crippen molar-refractivity contribution in [3.63, 3.8) is 0 Å². The van der Waals surface area contributed by atoms with Crippen LogP contribution >= 0.6 is 0 Å². The molecule has 0 fully saturated rings. The minimum Gasteiger partial charge on any atom is -0.545 e. The van der Waals surface area contributed by atoms with Gasteiger partial charge in [0.05, 0.1) is 34.7 Å². The smallest absolute Gasteiger partial charge is 0.545 e. The predicted octanol–water partition coefficient (Wildman–Crippen LogP) is 1.01. The van der Waals surface area contributed by atoms with Crippen LogP contribution in [0.15, 0.2) is 85.5 Å². The molecule has 4 heterocycles. The summed E-state index contributed by atoms with van der Waals surface area (Å²) in [6, 6.07) is 16.5. The summed E-state index contributed by atoms with van der Waals surface area (Å²) in [5.41, 5.74) is 1.82. The van der Waals surface area contributed by atoms with Crippen LogP contribution in [0.2, 0.25) is 0 Å². The van der Waals surface area contributed by atoms with Gasteiger partial charge in [0, 0.05) is 35.9 Å². The van der Waals surface area contributed by atoms with Gasteiger partial charge in [0.15, 0.2) is 0 Å². The number of carboxylic acids is 2. The quantitative estimate of drug-likeness (QED) is 0.444. The maximum atomic E-state index is 10.8. The first-order valence-corrected chi connectivity index (χ1v) is 8.73. The van der Waals surface area contributed by atoms with E-state index in [4.69, 9.17) is 0 Å². The van der Waals surface area contributed by atoms with E-state index in [-0.39, 0.29) is 27.9 Å². The SMILES string of the molecule is O=C([O-])c1cccnc1-c1ccccn1.O=C([O-])c1cccnc1-c1ccccn1.[Co+2]. The van der Waals surface area contributed by atoms with Gasteiger partial charge in [-0.15, -0.1) is 0 Å². The Morgan fingerprint density at radius 1 is 0.548 bits per heavy atom. The van der Waals surface area contributed by atoms with Crippen molar-refractivity contribution in [2.45, 2.75) is 0 Å². The Kier molecular flexibility index (Phi) is 8.49. The molecule has 0 bridgehead atoms. The van der Waals surface area contributed by atoms with E-state index in [0.717, 1.165) is 0 Å². The summed E-state index contributed by atoms with van der Waals surface area (Å²) in [6.45, 7) is 0. The van der Waals surface area contributed by atoms with Crippen molar-refractivity contribution in [2.75, 3.05) is 0 Å². The third-order valence-corrected chi connectivity index (χ3v) is 3.87. The van der Waals surface area contributed by atoms with Gasteiger partial charge in [-0.3, -0.25) is 19.9 Å². The molecule has 0 aliphatic rings. The number of nitrogens with zero attached hydrogens (tertiary/aromatic N) is 4. The van der Waals surface area contributed by atoms with Gasteiger partial charge in [-0.25, -0.2) is 0 Å². The van der Waals surface area contributed by atoms with E-state index >= 15 is 0 Å². The fourth-order valence-electron chi connectivity index (χ4n) is 2.55. The van der Waals surface area contributed by atoms with Crippen LogP contribution in [0, 0.1) is 0 Å². The summed E-state index contributed by atoms with van der Waals surface area (Å²) >= 11 is 0. The fourth-order valence-corrected chi connectivity index (χ4v) is 2.55. The van der Waals surface area contributed by atoms with Crippen LogP contribution in [-0.2, 0) is 16.8 Å². The van der Waals surface area contributed by atoms with Gasteiger partial charge < -0.3 is 19.8 Å². The Labute approximate surface area is 187 Å². The van der Waals surface area contributed by atoms with E-state index in [2.05, 4.69) is 19.9 Å². The molecule has 4 rings (SSSR count). The topological polar surface area (TPSA) is 132 Å². The largest absolute Gasteiger partial charge is 2.00 e. The molecule has 0 saturated carbocycles. The average molecular weight is 457 g/mol. The third-order valence-electron chi connectivity index (χ3n) is 3.87. The summed E-state index contributed by atoms with van der Waals surface area (Å²) in [4.78, 5) is 37.7. The molecule has 0 aliphatic heterocycles. The van der Waals surface area contributed by atoms with Crippen molar-refractivity contribution in [3.8, 4) is 22.8 Å². The minimum atomic E-state index is -1.25. The molecular formula is C22H14CoN4O4. The molecule has 0 unspecified atom stereocenters. The second-order valence-corrected chi connectivity index (χ2v) is 5.80. The predicted molar refractivity (Wildman–Crippen MR) is 104 cm³/mol. The van der Waals surface area contributed by atoms with Crippen molar-refractivity contribution in [1.29, 1.82) is 0 Å². The second-order valence-electron chi connectivity index (χ2n) is 5.80. The molecule has 4 aromatic rings. The van der Waals surface area contributed by atoms with E-state index in [1.54, 1.807) is 60.9 Å². The van der Waals surface area contributed by atoms with Gasteiger partial charge in [0.2, 0.25) is 0 Å². The number of carbonyl (C=O) groups is 2. The maximum absolute atomic E-state index is 10.8. The number of pyridine rings is 4. The summed E-state index contributed by atoms with van der Waals surface area (Å²) in [7, 11) is 0. The van der Waals surface area contributed by atoms with Crippen molar-refractivity contribution in [3.05, 3.63) is 96.6 Å². The van der Waals surface area contributed by atoms with E-state index in [0.29, 0.717) is 22.8 Å². The molecule has 8 nitrogen and oxygen atoms in total. The van der Waals surface area contributed by atoms with Crippen LogP contribution < -0.4 is 10.2 Å². The number of carbonyl (C=O) groups excluding carboxylic acids is 2. The molecule has 0 aromatic carbocycles. The molecule has 4 aromatic heterocycles. The summed E-state index contributed by atoms with van der Waals surface area (Å²) < 4.78 is 0. The van der Waals surface area contributed by atoms with Crippen LogP contribution in [0.4, 0.5) is 0 Å². The normalized spacial score (nSPS) is 9.55. The zero-order valence-electron chi connectivity index (χ0n) is 15.8. The zero-order valence-corrected chi connectivity index (χ0v) is 16.9. The molecule has 0 spiro atoms. The van der Waals surface area contributed by atoms with Gasteiger partial charge in [0.1, 0.15) is 0 Å². The van der Waals surface area contributed by atoms with Crippen molar-refractivity contribution < 1.29 is 36.6 Å². The van der Waals surface area contributed by atoms with Gasteiger partial charge >= 0.3 is 16.8 Å². The molecule has 0 atom stereocenters. The van der Waals surface area contributed by atoms with Crippen molar-refractivity contribution in [2.24, 2.45) is 0 Å². The number of aromatic nitrogens is 4. The minimum absolute atomic E-state index is 0. The first kappa shape index (κ1) is 23.3. The number of hydrogen-bond acceptors (Lipinski definition) is 8. The van der Waals surface area contributed by atoms with Crippen LogP contribution in [0.3, 0.4) is 0 Å². The van der Waals surface area contributed by atoms with E-state index in [1.807, 2.05) is 0 Å². The molecule has 9 heteroatoms. The molecule has 155 valence electrons. The van der Waals surface area contributed by atoms with Crippen molar-refractivity contribution in [1.82, 2.24) is 19.9 Å². The fraction of sp³-hybridized carbons (Fsp3) is 0. The monoisotopic (exact) mass is 457 g/mol. The van der Waals surface area contributed by atoms with Gasteiger partial charge in [-0.05, 0) is 48.5 Å². The van der Waals surface area contributed by atoms with Gasteiger partial charge in [-0.1, -0.05) is 12.1 Å². The van der Waals surface area contributed by atoms with Crippen LogP contribution in [0.25, 0.3) is 22.8 Å². The number of aromatic carboxylic acids is 2. The van der Waals surface area contributed by atoms with E-state index in [9.17, 15) is 19.8 Å². The third kappa shape index (κ3) is 6.01. The van der Waals surface area contributed by atoms with Crippen LogP contribution in [0.1, 0.15) is 20.7 Å². The molecule has 0 aliphatic carbocycles. The molecular weight excluding hydrogens is 443 g/mol. The van der Waals surface area contributed by atoms with E-state index < -0.39 is 11.9 Å².